The molecule has 0 spiro atoms. The number of nitrogens with zero attached hydrogens (tertiary/aromatic N) is 5. The molecule has 0 aliphatic rings. The van der Waals surface area contributed by atoms with Crippen molar-refractivity contribution in [2.24, 2.45) is 0 Å². The zero-order valence-electron chi connectivity index (χ0n) is 14.2. The Hall–Kier alpha value is -3.48. The molecule has 7 heteroatoms. The van der Waals surface area contributed by atoms with E-state index in [1.54, 1.807) is 12.4 Å². The molecule has 0 aliphatic carbocycles. The van der Waals surface area contributed by atoms with Crippen LogP contribution in [-0.4, -0.2) is 29.4 Å². The van der Waals surface area contributed by atoms with Gasteiger partial charge in [-0.05, 0) is 12.0 Å². The number of pyridine rings is 1. The molecular formula is C19H16N6O. The normalized spacial score (nSPS) is 11.7. The number of hydrogen-bond acceptors (Lipinski definition) is 4. The summed E-state index contributed by atoms with van der Waals surface area (Å²) in [6, 6.07) is 12.2. The van der Waals surface area contributed by atoms with Crippen LogP contribution in [0.3, 0.4) is 0 Å². The van der Waals surface area contributed by atoms with Crippen molar-refractivity contribution in [1.29, 1.82) is 0 Å². The number of hydrogen-bond donors (Lipinski definition) is 1. The highest BCUT2D eigenvalue weighted by atomic mass is 16.1. The number of rotatable bonds is 3. The van der Waals surface area contributed by atoms with Crippen molar-refractivity contribution < 1.29 is 0 Å². The van der Waals surface area contributed by atoms with Gasteiger partial charge < -0.3 is 4.57 Å². The summed E-state index contributed by atoms with van der Waals surface area (Å²) in [7, 11) is 0. The Balaban J connectivity index is 1.96. The van der Waals surface area contributed by atoms with Crippen LogP contribution in [0.15, 0.2) is 53.6 Å². The summed E-state index contributed by atoms with van der Waals surface area (Å²) in [4.78, 5) is 17.3. The molecule has 5 rings (SSSR count). The monoisotopic (exact) mass is 344 g/mol. The van der Waals surface area contributed by atoms with Crippen LogP contribution in [-0.2, 0) is 13.0 Å². The van der Waals surface area contributed by atoms with Gasteiger partial charge in [0.1, 0.15) is 5.65 Å². The Morgan fingerprint density at radius 3 is 2.77 bits per heavy atom. The molecule has 0 atom stereocenters. The molecule has 0 fully saturated rings. The Morgan fingerprint density at radius 1 is 1.12 bits per heavy atom. The van der Waals surface area contributed by atoms with E-state index < -0.39 is 0 Å². The highest BCUT2D eigenvalue weighted by Gasteiger charge is 2.17. The first-order chi connectivity index (χ1) is 12.8. The van der Waals surface area contributed by atoms with Crippen LogP contribution in [0, 0.1) is 0 Å². The lowest BCUT2D eigenvalue weighted by Gasteiger charge is -2.13. The van der Waals surface area contributed by atoms with Crippen LogP contribution >= 0.6 is 0 Å². The molecule has 1 N–H and O–H groups in total. The van der Waals surface area contributed by atoms with Crippen LogP contribution in [0.25, 0.3) is 27.6 Å². The summed E-state index contributed by atoms with van der Waals surface area (Å²) in [6.07, 6.45) is 4.09. The van der Waals surface area contributed by atoms with Crippen molar-refractivity contribution in [3.8, 4) is 0 Å². The van der Waals surface area contributed by atoms with Gasteiger partial charge in [-0.15, -0.1) is 0 Å². The highest BCUT2D eigenvalue weighted by Crippen LogP contribution is 2.23. The molecule has 1 aromatic carbocycles. The molecule has 0 amide bonds. The number of H-pyrrole nitrogens is 1. The second kappa shape index (κ2) is 5.52. The van der Waals surface area contributed by atoms with Gasteiger partial charge in [0.2, 0.25) is 0 Å². The molecule has 128 valence electrons. The van der Waals surface area contributed by atoms with Crippen molar-refractivity contribution in [3.05, 3.63) is 70.4 Å². The maximum Gasteiger partial charge on any atom is 0.283 e. The van der Waals surface area contributed by atoms with Gasteiger partial charge in [0.15, 0.2) is 5.65 Å². The van der Waals surface area contributed by atoms with Gasteiger partial charge in [-0.2, -0.15) is 14.7 Å². The zero-order valence-corrected chi connectivity index (χ0v) is 14.2. The first-order valence-corrected chi connectivity index (χ1v) is 8.53. The summed E-state index contributed by atoms with van der Waals surface area (Å²) in [6.45, 7) is 2.66. The average Bonchev–Trinajstić information content (AvgIpc) is 3.32. The Bertz CT molecular complexity index is 1310. The molecular weight excluding hydrogens is 328 g/mol. The van der Waals surface area contributed by atoms with Gasteiger partial charge in [0.05, 0.1) is 28.2 Å². The maximum atomic E-state index is 13.0. The van der Waals surface area contributed by atoms with Crippen LogP contribution in [0.4, 0.5) is 0 Å². The fourth-order valence-corrected chi connectivity index (χ4v) is 3.42. The number of benzene rings is 1. The number of aromatic amines is 1. The number of nitrogens with one attached hydrogen (secondary N) is 1. The van der Waals surface area contributed by atoms with Crippen molar-refractivity contribution in [2.45, 2.75) is 19.9 Å². The molecule has 0 saturated heterocycles. The van der Waals surface area contributed by atoms with Crippen molar-refractivity contribution in [1.82, 2.24) is 29.4 Å². The van der Waals surface area contributed by atoms with Crippen LogP contribution in [0.2, 0.25) is 0 Å². The standard InChI is InChI=1S/C19H16N6O/c1-2-13-8-16-24(11-12-6-4-3-5-7-12)17-14-10-21-22-18(14)20-9-15(17)19(26)25(16)23-13/h3-10H,2,11H2,1H3,(H,20,21,22). The summed E-state index contributed by atoms with van der Waals surface area (Å²) in [5.74, 6) is 0. The molecule has 7 nitrogen and oxygen atoms in total. The summed E-state index contributed by atoms with van der Waals surface area (Å²) in [5.41, 5.74) is 4.14. The molecule has 26 heavy (non-hydrogen) atoms. The third-order valence-corrected chi connectivity index (χ3v) is 4.71. The topological polar surface area (TPSA) is 80.9 Å². The largest absolute Gasteiger partial charge is 0.320 e. The van der Waals surface area contributed by atoms with E-state index in [0.29, 0.717) is 17.6 Å². The minimum atomic E-state index is -0.158. The van der Waals surface area contributed by atoms with Crippen molar-refractivity contribution in [2.75, 3.05) is 0 Å². The van der Waals surface area contributed by atoms with Gasteiger partial charge in [0, 0.05) is 18.8 Å². The predicted octanol–water partition coefficient (Wildman–Crippen LogP) is 2.53. The summed E-state index contributed by atoms with van der Waals surface area (Å²) in [5, 5.41) is 12.8. The first kappa shape index (κ1) is 14.8. The van der Waals surface area contributed by atoms with Gasteiger partial charge in [-0.1, -0.05) is 37.3 Å². The third kappa shape index (κ3) is 2.07. The Labute approximate surface area is 147 Å². The second-order valence-corrected chi connectivity index (χ2v) is 6.29. The molecule has 5 aromatic rings. The van der Waals surface area contributed by atoms with E-state index in [0.717, 1.165) is 34.2 Å². The van der Waals surface area contributed by atoms with Crippen molar-refractivity contribution >= 4 is 27.6 Å². The molecule has 0 radical (unpaired) electrons. The van der Waals surface area contributed by atoms with E-state index in [2.05, 4.69) is 37.0 Å². The molecule has 0 bridgehead atoms. The Kier molecular flexibility index (Phi) is 3.15. The van der Waals surface area contributed by atoms with E-state index >= 15 is 0 Å². The number of aryl methyl sites for hydroxylation is 1. The quantitative estimate of drug-likeness (QED) is 0.545. The molecule has 4 aromatic heterocycles. The maximum absolute atomic E-state index is 13.0. The highest BCUT2D eigenvalue weighted by molar-refractivity contribution is 6.02. The van der Waals surface area contributed by atoms with E-state index in [1.807, 2.05) is 31.2 Å². The molecule has 4 heterocycles. The molecule has 0 saturated carbocycles. The fourth-order valence-electron chi connectivity index (χ4n) is 3.42. The SMILES string of the molecule is CCc1cc2n(Cc3ccccc3)c3c(cnc4[nH]ncc43)c(=O)n2n1. The van der Waals surface area contributed by atoms with Gasteiger partial charge in [-0.3, -0.25) is 9.89 Å². The van der Waals surface area contributed by atoms with Crippen molar-refractivity contribution in [3.63, 3.8) is 0 Å². The predicted molar refractivity (Wildman–Crippen MR) is 99.3 cm³/mol. The number of aromatic nitrogens is 6. The molecule has 0 aliphatic heterocycles. The van der Waals surface area contributed by atoms with E-state index in [4.69, 9.17) is 0 Å². The fraction of sp³-hybridized carbons (Fsp3) is 0.158. The van der Waals surface area contributed by atoms with E-state index in [-0.39, 0.29) is 5.56 Å². The lowest BCUT2D eigenvalue weighted by molar-refractivity contribution is 0.791. The average molecular weight is 344 g/mol. The Morgan fingerprint density at radius 2 is 1.96 bits per heavy atom. The zero-order chi connectivity index (χ0) is 17.7. The van der Waals surface area contributed by atoms with Crippen LogP contribution < -0.4 is 5.56 Å². The van der Waals surface area contributed by atoms with Crippen LogP contribution in [0.1, 0.15) is 18.2 Å². The number of fused-ring (bicyclic) bond motifs is 4. The summed E-state index contributed by atoms with van der Waals surface area (Å²) >= 11 is 0. The minimum absolute atomic E-state index is 0.158. The van der Waals surface area contributed by atoms with Gasteiger partial charge >= 0.3 is 0 Å². The minimum Gasteiger partial charge on any atom is -0.320 e. The van der Waals surface area contributed by atoms with E-state index in [1.165, 1.54) is 4.52 Å². The lowest BCUT2D eigenvalue weighted by atomic mass is 10.2. The van der Waals surface area contributed by atoms with E-state index in [9.17, 15) is 4.79 Å². The lowest BCUT2D eigenvalue weighted by Crippen LogP contribution is -2.20. The van der Waals surface area contributed by atoms with Crippen LogP contribution in [0.5, 0.6) is 0 Å². The van der Waals surface area contributed by atoms with Gasteiger partial charge in [0.25, 0.3) is 5.56 Å². The molecule has 0 unspecified atom stereocenters. The first-order valence-electron chi connectivity index (χ1n) is 8.53. The second-order valence-electron chi connectivity index (χ2n) is 6.29. The third-order valence-electron chi connectivity index (χ3n) is 4.71. The summed E-state index contributed by atoms with van der Waals surface area (Å²) < 4.78 is 3.61. The smallest absolute Gasteiger partial charge is 0.283 e. The van der Waals surface area contributed by atoms with Gasteiger partial charge in [-0.25, -0.2) is 4.98 Å².